The van der Waals surface area contributed by atoms with E-state index in [9.17, 15) is 0 Å². The summed E-state index contributed by atoms with van der Waals surface area (Å²) in [6.07, 6.45) is 3.98. The highest BCUT2D eigenvalue weighted by Crippen LogP contribution is 2.30. The smallest absolute Gasteiger partial charge is 0.125 e. The topological polar surface area (TPSA) is 39.2 Å². The van der Waals surface area contributed by atoms with Crippen LogP contribution in [0.4, 0.5) is 0 Å². The molecule has 0 fully saturated rings. The van der Waals surface area contributed by atoms with E-state index in [1.54, 1.807) is 0 Å². The molecule has 0 spiro atoms. The minimum absolute atomic E-state index is 0.166. The first-order chi connectivity index (χ1) is 10.1. The average molecular weight is 285 g/mol. The predicted octanol–water partition coefficient (Wildman–Crippen LogP) is 4.58. The molecule has 1 unspecified atom stereocenters. The fraction of sp³-hybridized carbons (Fsp3) is 0.474. The van der Waals surface area contributed by atoms with Crippen LogP contribution in [0.2, 0.25) is 0 Å². The molecule has 0 amide bonds. The molecule has 2 N–H and O–H groups in total. The molecule has 2 rings (SSSR count). The predicted molar refractivity (Wildman–Crippen MR) is 88.7 cm³/mol. The summed E-state index contributed by atoms with van der Waals surface area (Å²) in [7, 11) is 0. The van der Waals surface area contributed by atoms with E-state index in [0.717, 1.165) is 37.2 Å². The fourth-order valence-corrected chi connectivity index (χ4v) is 2.93. The van der Waals surface area contributed by atoms with Crippen LogP contribution >= 0.6 is 0 Å². The van der Waals surface area contributed by atoms with Crippen LogP contribution in [-0.4, -0.2) is 0 Å². The highest BCUT2D eigenvalue weighted by Gasteiger charge is 2.19. The van der Waals surface area contributed by atoms with Gasteiger partial charge in [0.05, 0.1) is 6.04 Å². The van der Waals surface area contributed by atoms with Gasteiger partial charge in [0.15, 0.2) is 0 Å². The normalized spacial score (nSPS) is 12.6. The van der Waals surface area contributed by atoms with E-state index in [-0.39, 0.29) is 6.04 Å². The summed E-state index contributed by atoms with van der Waals surface area (Å²) < 4.78 is 5.88. The Labute approximate surface area is 128 Å². The third-order valence-corrected chi connectivity index (χ3v) is 4.23. The molecule has 2 nitrogen and oxygen atoms in total. The summed E-state index contributed by atoms with van der Waals surface area (Å²) in [6, 6.07) is 8.50. The molecule has 0 saturated carbocycles. The van der Waals surface area contributed by atoms with Crippen molar-refractivity contribution in [1.29, 1.82) is 0 Å². The Kier molecular flexibility index (Phi) is 5.24. The molecule has 21 heavy (non-hydrogen) atoms. The van der Waals surface area contributed by atoms with Crippen molar-refractivity contribution < 1.29 is 4.42 Å². The van der Waals surface area contributed by atoms with Gasteiger partial charge in [-0.15, -0.1) is 0 Å². The Morgan fingerprint density at radius 3 is 1.95 bits per heavy atom. The van der Waals surface area contributed by atoms with Gasteiger partial charge in [0.25, 0.3) is 0 Å². The van der Waals surface area contributed by atoms with Gasteiger partial charge in [0.1, 0.15) is 11.5 Å². The third kappa shape index (κ3) is 3.21. The van der Waals surface area contributed by atoms with Crippen molar-refractivity contribution in [3.8, 4) is 0 Å². The standard InChI is InChI=1S/C19H27NO/c1-5-13-11-14(6-2)18(15(7-3)12-13)19(20)17-10-9-16(8-4)21-17/h9-12,19H,5-8,20H2,1-4H3. The van der Waals surface area contributed by atoms with E-state index in [0.29, 0.717) is 0 Å². The molecule has 0 aliphatic carbocycles. The van der Waals surface area contributed by atoms with Gasteiger partial charge in [0, 0.05) is 6.42 Å². The van der Waals surface area contributed by atoms with E-state index in [1.807, 2.05) is 12.1 Å². The SMILES string of the molecule is CCc1cc(CC)c(C(N)c2ccc(CC)o2)c(CC)c1. The summed E-state index contributed by atoms with van der Waals surface area (Å²) in [4.78, 5) is 0. The van der Waals surface area contributed by atoms with Crippen LogP contribution in [0.3, 0.4) is 0 Å². The monoisotopic (exact) mass is 285 g/mol. The average Bonchev–Trinajstić information content (AvgIpc) is 3.01. The van der Waals surface area contributed by atoms with Crippen molar-refractivity contribution >= 4 is 0 Å². The lowest BCUT2D eigenvalue weighted by Gasteiger charge is -2.20. The van der Waals surface area contributed by atoms with Crippen molar-refractivity contribution in [2.75, 3.05) is 0 Å². The largest absolute Gasteiger partial charge is 0.464 e. The minimum Gasteiger partial charge on any atom is -0.464 e. The summed E-state index contributed by atoms with van der Waals surface area (Å²) >= 11 is 0. The van der Waals surface area contributed by atoms with Crippen LogP contribution < -0.4 is 5.73 Å². The van der Waals surface area contributed by atoms with Gasteiger partial charge in [0.2, 0.25) is 0 Å². The van der Waals surface area contributed by atoms with Crippen molar-refractivity contribution in [2.24, 2.45) is 5.73 Å². The summed E-state index contributed by atoms with van der Waals surface area (Å²) in [5.74, 6) is 1.88. The van der Waals surface area contributed by atoms with Gasteiger partial charge in [-0.05, 0) is 53.6 Å². The van der Waals surface area contributed by atoms with Crippen LogP contribution in [0.25, 0.3) is 0 Å². The van der Waals surface area contributed by atoms with Gasteiger partial charge >= 0.3 is 0 Å². The minimum atomic E-state index is -0.166. The van der Waals surface area contributed by atoms with E-state index in [1.165, 1.54) is 22.3 Å². The molecular formula is C19H27NO. The molecule has 114 valence electrons. The molecule has 2 aromatic rings. The maximum Gasteiger partial charge on any atom is 0.125 e. The molecule has 1 aromatic carbocycles. The van der Waals surface area contributed by atoms with Crippen molar-refractivity contribution in [1.82, 2.24) is 0 Å². The second-order valence-corrected chi connectivity index (χ2v) is 5.52. The molecule has 0 saturated heterocycles. The number of rotatable bonds is 6. The lowest BCUT2D eigenvalue weighted by atomic mass is 9.89. The Morgan fingerprint density at radius 2 is 1.52 bits per heavy atom. The first-order valence-electron chi connectivity index (χ1n) is 8.13. The Morgan fingerprint density at radius 1 is 0.905 bits per heavy atom. The van der Waals surface area contributed by atoms with Crippen LogP contribution in [0, 0.1) is 0 Å². The number of hydrogen-bond acceptors (Lipinski definition) is 2. The van der Waals surface area contributed by atoms with Crippen LogP contribution in [0.1, 0.15) is 67.5 Å². The van der Waals surface area contributed by atoms with Crippen LogP contribution in [-0.2, 0) is 25.7 Å². The lowest BCUT2D eigenvalue weighted by molar-refractivity contribution is 0.452. The molecule has 0 aliphatic rings. The molecule has 0 radical (unpaired) electrons. The molecule has 1 aromatic heterocycles. The molecule has 1 heterocycles. The van der Waals surface area contributed by atoms with Crippen LogP contribution in [0.5, 0.6) is 0 Å². The highest BCUT2D eigenvalue weighted by atomic mass is 16.3. The maximum absolute atomic E-state index is 6.53. The number of benzene rings is 1. The van der Waals surface area contributed by atoms with Crippen molar-refractivity contribution in [3.63, 3.8) is 0 Å². The number of furan rings is 1. The third-order valence-electron chi connectivity index (χ3n) is 4.23. The lowest BCUT2D eigenvalue weighted by Crippen LogP contribution is -2.16. The zero-order valence-electron chi connectivity index (χ0n) is 13.7. The van der Waals surface area contributed by atoms with Gasteiger partial charge in [-0.2, -0.15) is 0 Å². The van der Waals surface area contributed by atoms with Gasteiger partial charge in [-0.3, -0.25) is 0 Å². The van der Waals surface area contributed by atoms with E-state index in [2.05, 4.69) is 39.8 Å². The number of nitrogens with two attached hydrogens (primary N) is 1. The first-order valence-corrected chi connectivity index (χ1v) is 8.13. The second kappa shape index (κ2) is 6.95. The molecule has 2 heteroatoms. The molecule has 1 atom stereocenters. The Bertz CT molecular complexity index is 572. The van der Waals surface area contributed by atoms with Crippen LogP contribution in [0.15, 0.2) is 28.7 Å². The molecule has 0 aliphatic heterocycles. The summed E-state index contributed by atoms with van der Waals surface area (Å²) in [5, 5.41) is 0. The van der Waals surface area contributed by atoms with E-state index < -0.39 is 0 Å². The molecule has 0 bridgehead atoms. The number of aryl methyl sites for hydroxylation is 4. The summed E-state index contributed by atoms with van der Waals surface area (Å²) in [5.41, 5.74) is 11.9. The zero-order chi connectivity index (χ0) is 15.4. The Balaban J connectivity index is 2.50. The first kappa shape index (κ1) is 15.8. The maximum atomic E-state index is 6.53. The van der Waals surface area contributed by atoms with Gasteiger partial charge in [-0.25, -0.2) is 0 Å². The van der Waals surface area contributed by atoms with E-state index in [4.69, 9.17) is 10.2 Å². The van der Waals surface area contributed by atoms with Crippen molar-refractivity contribution in [3.05, 3.63) is 58.0 Å². The zero-order valence-corrected chi connectivity index (χ0v) is 13.7. The summed E-state index contributed by atoms with van der Waals surface area (Å²) in [6.45, 7) is 8.70. The Hall–Kier alpha value is -1.54. The van der Waals surface area contributed by atoms with Crippen molar-refractivity contribution in [2.45, 2.75) is 59.4 Å². The fourth-order valence-electron chi connectivity index (χ4n) is 2.93. The number of hydrogen-bond donors (Lipinski definition) is 1. The quantitative estimate of drug-likeness (QED) is 0.844. The van der Waals surface area contributed by atoms with Gasteiger partial charge in [-0.1, -0.05) is 39.8 Å². The van der Waals surface area contributed by atoms with Gasteiger partial charge < -0.3 is 10.2 Å². The van der Waals surface area contributed by atoms with E-state index >= 15 is 0 Å². The highest BCUT2D eigenvalue weighted by molar-refractivity contribution is 5.44. The molecular weight excluding hydrogens is 258 g/mol. The second-order valence-electron chi connectivity index (χ2n) is 5.52.